The Bertz CT molecular complexity index is 994. The fourth-order valence-corrected chi connectivity index (χ4v) is 3.57. The van der Waals surface area contributed by atoms with Gasteiger partial charge in [-0.1, -0.05) is 35.7 Å². The van der Waals surface area contributed by atoms with Crippen LogP contribution in [0.3, 0.4) is 0 Å². The lowest BCUT2D eigenvalue weighted by molar-refractivity contribution is 0.463. The molecule has 0 amide bonds. The molecule has 0 fully saturated rings. The van der Waals surface area contributed by atoms with Crippen LogP contribution < -0.4 is 0 Å². The van der Waals surface area contributed by atoms with Gasteiger partial charge in [-0.05, 0) is 26.0 Å². The minimum atomic E-state index is 0.466. The number of furan rings is 2. The lowest BCUT2D eigenvalue weighted by Gasteiger charge is -1.92. The molecular formula is C18H16N4O4S2. The van der Waals surface area contributed by atoms with E-state index in [4.69, 9.17) is 17.7 Å². The average Bonchev–Trinajstić information content (AvgIpc) is 3.45. The van der Waals surface area contributed by atoms with Crippen molar-refractivity contribution in [2.75, 3.05) is 11.5 Å². The van der Waals surface area contributed by atoms with Crippen LogP contribution >= 0.6 is 23.5 Å². The summed E-state index contributed by atoms with van der Waals surface area (Å²) >= 11 is 2.93. The number of rotatable bonds is 8. The Hall–Kier alpha value is -2.72. The van der Waals surface area contributed by atoms with E-state index in [1.54, 1.807) is 12.5 Å². The number of thioether (sulfide) groups is 2. The zero-order valence-corrected chi connectivity index (χ0v) is 16.7. The Morgan fingerprint density at radius 3 is 1.61 bits per heavy atom. The van der Waals surface area contributed by atoms with Gasteiger partial charge in [0.1, 0.15) is 11.5 Å². The second-order valence-electron chi connectivity index (χ2n) is 5.62. The quantitative estimate of drug-likeness (QED) is 0.287. The van der Waals surface area contributed by atoms with Gasteiger partial charge in [0.15, 0.2) is 0 Å². The first-order chi connectivity index (χ1) is 13.7. The van der Waals surface area contributed by atoms with Crippen LogP contribution in [0.4, 0.5) is 0 Å². The van der Waals surface area contributed by atoms with Gasteiger partial charge < -0.3 is 17.7 Å². The van der Waals surface area contributed by atoms with Crippen LogP contribution in [-0.2, 0) is 0 Å². The third-order valence-corrected chi connectivity index (χ3v) is 5.31. The SMILES string of the molecule is Cc1occc1-c1nnc(SC/C=C/CSc2nnc(-c3ccoc3C)o2)o1. The first-order valence-electron chi connectivity index (χ1n) is 8.37. The van der Waals surface area contributed by atoms with Crippen molar-refractivity contribution in [1.82, 2.24) is 20.4 Å². The van der Waals surface area contributed by atoms with Gasteiger partial charge in [-0.3, -0.25) is 0 Å². The molecule has 4 rings (SSSR count). The van der Waals surface area contributed by atoms with Crippen molar-refractivity contribution in [3.63, 3.8) is 0 Å². The maximum atomic E-state index is 5.63. The molecule has 4 aromatic heterocycles. The van der Waals surface area contributed by atoms with E-state index < -0.39 is 0 Å². The molecule has 0 bridgehead atoms. The zero-order chi connectivity index (χ0) is 19.3. The minimum Gasteiger partial charge on any atom is -0.469 e. The highest BCUT2D eigenvalue weighted by Gasteiger charge is 2.13. The molecule has 4 aromatic rings. The Balaban J connectivity index is 1.22. The molecule has 144 valence electrons. The number of hydrogen-bond donors (Lipinski definition) is 0. The summed E-state index contributed by atoms with van der Waals surface area (Å²) in [5.41, 5.74) is 1.63. The Kier molecular flexibility index (Phi) is 5.68. The van der Waals surface area contributed by atoms with Gasteiger partial charge in [-0.15, -0.1) is 20.4 Å². The predicted octanol–water partition coefficient (Wildman–Crippen LogP) is 5.03. The van der Waals surface area contributed by atoms with E-state index in [9.17, 15) is 0 Å². The molecule has 0 saturated carbocycles. The zero-order valence-electron chi connectivity index (χ0n) is 15.1. The molecule has 0 aliphatic carbocycles. The summed E-state index contributed by atoms with van der Waals surface area (Å²) in [5, 5.41) is 17.2. The summed E-state index contributed by atoms with van der Waals surface area (Å²) in [7, 11) is 0. The fourth-order valence-electron chi connectivity index (χ4n) is 2.34. The summed E-state index contributed by atoms with van der Waals surface area (Å²) in [4.78, 5) is 0. The van der Waals surface area contributed by atoms with Crippen LogP contribution in [0, 0.1) is 13.8 Å². The molecule has 4 heterocycles. The minimum absolute atomic E-state index is 0.466. The largest absolute Gasteiger partial charge is 0.469 e. The summed E-state index contributed by atoms with van der Waals surface area (Å²) in [6.45, 7) is 3.71. The fraction of sp³-hybridized carbons (Fsp3) is 0.222. The molecule has 28 heavy (non-hydrogen) atoms. The van der Waals surface area contributed by atoms with Crippen molar-refractivity contribution in [3.8, 4) is 22.9 Å². The van der Waals surface area contributed by atoms with E-state index in [0.717, 1.165) is 34.2 Å². The second-order valence-corrected chi connectivity index (χ2v) is 7.56. The second kappa shape index (κ2) is 8.53. The van der Waals surface area contributed by atoms with Crippen molar-refractivity contribution in [2.45, 2.75) is 24.3 Å². The Morgan fingerprint density at radius 2 is 1.21 bits per heavy atom. The molecular weight excluding hydrogens is 400 g/mol. The van der Waals surface area contributed by atoms with Crippen molar-refractivity contribution < 1.29 is 17.7 Å². The molecule has 0 aliphatic rings. The molecule has 0 atom stereocenters. The first kappa shape index (κ1) is 18.6. The number of aryl methyl sites for hydroxylation is 2. The van der Waals surface area contributed by atoms with E-state index in [1.165, 1.54) is 23.5 Å². The number of hydrogen-bond acceptors (Lipinski definition) is 10. The van der Waals surface area contributed by atoms with Gasteiger partial charge >= 0.3 is 0 Å². The van der Waals surface area contributed by atoms with Crippen molar-refractivity contribution in [1.29, 1.82) is 0 Å². The maximum Gasteiger partial charge on any atom is 0.277 e. The van der Waals surface area contributed by atoms with E-state index in [1.807, 2.05) is 38.1 Å². The molecule has 0 N–H and O–H groups in total. The first-order valence-corrected chi connectivity index (χ1v) is 10.3. The van der Waals surface area contributed by atoms with Gasteiger partial charge in [-0.25, -0.2) is 0 Å². The van der Waals surface area contributed by atoms with Gasteiger partial charge in [-0.2, -0.15) is 0 Å². The monoisotopic (exact) mass is 416 g/mol. The molecule has 0 aliphatic heterocycles. The highest BCUT2D eigenvalue weighted by molar-refractivity contribution is 7.99. The maximum absolute atomic E-state index is 5.63. The third kappa shape index (κ3) is 4.23. The van der Waals surface area contributed by atoms with Crippen LogP contribution in [0.5, 0.6) is 0 Å². The lowest BCUT2D eigenvalue weighted by atomic mass is 10.3. The van der Waals surface area contributed by atoms with E-state index in [-0.39, 0.29) is 0 Å². The van der Waals surface area contributed by atoms with Gasteiger partial charge in [0.05, 0.1) is 23.7 Å². The highest BCUT2D eigenvalue weighted by atomic mass is 32.2. The number of aromatic nitrogens is 4. The highest BCUT2D eigenvalue weighted by Crippen LogP contribution is 2.27. The van der Waals surface area contributed by atoms with E-state index in [0.29, 0.717) is 22.2 Å². The van der Waals surface area contributed by atoms with Crippen molar-refractivity contribution >= 4 is 23.5 Å². The third-order valence-electron chi connectivity index (χ3n) is 3.76. The smallest absolute Gasteiger partial charge is 0.277 e. The normalized spacial score (nSPS) is 11.6. The lowest BCUT2D eigenvalue weighted by Crippen LogP contribution is -1.77. The van der Waals surface area contributed by atoms with Crippen LogP contribution in [0.2, 0.25) is 0 Å². The molecule has 0 spiro atoms. The van der Waals surface area contributed by atoms with Gasteiger partial charge in [0.2, 0.25) is 0 Å². The summed E-state index contributed by atoms with van der Waals surface area (Å²) in [6, 6.07) is 3.62. The van der Waals surface area contributed by atoms with Crippen molar-refractivity contribution in [2.24, 2.45) is 0 Å². The molecule has 0 aromatic carbocycles. The molecule has 0 radical (unpaired) electrons. The molecule has 8 nitrogen and oxygen atoms in total. The van der Waals surface area contributed by atoms with Crippen LogP contribution in [0.15, 0.2) is 64.9 Å². The molecule has 10 heteroatoms. The van der Waals surface area contributed by atoms with E-state index >= 15 is 0 Å². The topological polar surface area (TPSA) is 104 Å². The van der Waals surface area contributed by atoms with Crippen LogP contribution in [-0.4, -0.2) is 31.9 Å². The summed E-state index contributed by atoms with van der Waals surface area (Å²) < 4.78 is 21.8. The standard InChI is InChI=1S/C18H16N4O4S2/c1-11-13(5-7-23-11)15-19-21-17(25-15)27-9-3-4-10-28-18-22-20-16(26-18)14-6-8-24-12(14)2/h3-8H,9-10H2,1-2H3/b4-3+. The van der Waals surface area contributed by atoms with Crippen LogP contribution in [0.1, 0.15) is 11.5 Å². The van der Waals surface area contributed by atoms with E-state index in [2.05, 4.69) is 20.4 Å². The Labute approximate surface area is 168 Å². The van der Waals surface area contributed by atoms with Gasteiger partial charge in [0, 0.05) is 11.5 Å². The molecule has 0 unspecified atom stereocenters. The van der Waals surface area contributed by atoms with Gasteiger partial charge in [0.25, 0.3) is 22.2 Å². The average molecular weight is 416 g/mol. The summed E-state index contributed by atoms with van der Waals surface area (Å²) in [6.07, 6.45) is 7.26. The van der Waals surface area contributed by atoms with Crippen LogP contribution in [0.25, 0.3) is 22.9 Å². The van der Waals surface area contributed by atoms with Crippen molar-refractivity contribution in [3.05, 3.63) is 48.3 Å². The Morgan fingerprint density at radius 1 is 0.750 bits per heavy atom. The summed E-state index contributed by atoms with van der Waals surface area (Å²) in [5.74, 6) is 3.88. The molecule has 0 saturated heterocycles. The number of nitrogens with zero attached hydrogens (tertiary/aromatic N) is 4. The predicted molar refractivity (Wildman–Crippen MR) is 104 cm³/mol.